The van der Waals surface area contributed by atoms with Crippen LogP contribution in [0, 0.1) is 0 Å². The normalized spacial score (nSPS) is 22.7. The third-order valence-electron chi connectivity index (χ3n) is 1.98. The van der Waals surface area contributed by atoms with Crippen molar-refractivity contribution in [2.45, 2.75) is 12.6 Å². The maximum absolute atomic E-state index is 11.3. The van der Waals surface area contributed by atoms with Crippen LogP contribution in [0.25, 0.3) is 0 Å². The maximum Gasteiger partial charge on any atom is 0.247 e. The maximum atomic E-state index is 11.3. The van der Waals surface area contributed by atoms with Crippen molar-refractivity contribution >= 4 is 5.91 Å². The molecule has 5 heteroatoms. The molecule has 2 heterocycles. The summed E-state index contributed by atoms with van der Waals surface area (Å²) < 4.78 is 5.00. The minimum absolute atomic E-state index is 0.126. The molecule has 0 bridgehead atoms. The van der Waals surface area contributed by atoms with E-state index in [9.17, 15) is 4.79 Å². The Hall–Kier alpha value is -1.36. The first kappa shape index (κ1) is 7.30. The fraction of sp³-hybridized carbons (Fsp3) is 0.429. The molecule has 0 fully saturated rings. The van der Waals surface area contributed by atoms with Gasteiger partial charge in [-0.3, -0.25) is 4.79 Å². The fourth-order valence-electron chi connectivity index (χ4n) is 1.30. The molecular formula is C7H9N3O2. The zero-order valence-corrected chi connectivity index (χ0v) is 6.65. The van der Waals surface area contributed by atoms with E-state index in [1.54, 1.807) is 7.05 Å². The topological polar surface area (TPSA) is 72.4 Å². The second-order valence-electron chi connectivity index (χ2n) is 2.84. The van der Waals surface area contributed by atoms with E-state index in [2.05, 4.69) is 4.98 Å². The van der Waals surface area contributed by atoms with Crippen molar-refractivity contribution in [3.8, 4) is 0 Å². The van der Waals surface area contributed by atoms with Crippen molar-refractivity contribution in [2.24, 2.45) is 5.73 Å². The first-order valence-corrected chi connectivity index (χ1v) is 3.63. The van der Waals surface area contributed by atoms with Crippen molar-refractivity contribution in [1.82, 2.24) is 9.88 Å². The van der Waals surface area contributed by atoms with Gasteiger partial charge in [0.05, 0.1) is 6.54 Å². The monoisotopic (exact) mass is 167 g/mol. The number of amides is 1. The number of oxazole rings is 1. The number of aromatic nitrogens is 1. The molecule has 1 aliphatic rings. The third-order valence-corrected chi connectivity index (χ3v) is 1.98. The van der Waals surface area contributed by atoms with Gasteiger partial charge in [-0.15, -0.1) is 0 Å². The summed E-state index contributed by atoms with van der Waals surface area (Å²) in [5, 5.41) is 0. The summed E-state index contributed by atoms with van der Waals surface area (Å²) in [6, 6.07) is -0.679. The largest absolute Gasteiger partial charge is 0.446 e. The van der Waals surface area contributed by atoms with Gasteiger partial charge in [-0.05, 0) is 0 Å². The van der Waals surface area contributed by atoms with Crippen LogP contribution in [0.4, 0.5) is 0 Å². The molecule has 0 radical (unpaired) electrons. The molecule has 0 spiro atoms. The van der Waals surface area contributed by atoms with Gasteiger partial charge in [0.25, 0.3) is 0 Å². The highest BCUT2D eigenvalue weighted by molar-refractivity contribution is 5.83. The lowest BCUT2D eigenvalue weighted by molar-refractivity contribution is -0.133. The first-order chi connectivity index (χ1) is 5.70. The van der Waals surface area contributed by atoms with Gasteiger partial charge < -0.3 is 15.1 Å². The van der Waals surface area contributed by atoms with Crippen LogP contribution in [0.1, 0.15) is 17.5 Å². The van der Waals surface area contributed by atoms with E-state index >= 15 is 0 Å². The second-order valence-corrected chi connectivity index (χ2v) is 2.84. The van der Waals surface area contributed by atoms with Gasteiger partial charge in [0.2, 0.25) is 5.91 Å². The lowest BCUT2D eigenvalue weighted by Crippen LogP contribution is -2.39. The van der Waals surface area contributed by atoms with Crippen LogP contribution in [0.5, 0.6) is 0 Å². The van der Waals surface area contributed by atoms with E-state index < -0.39 is 6.04 Å². The van der Waals surface area contributed by atoms with Crippen LogP contribution < -0.4 is 5.73 Å². The number of carbonyl (C=O) groups is 1. The third kappa shape index (κ3) is 0.831. The van der Waals surface area contributed by atoms with Crippen LogP contribution in [0.15, 0.2) is 10.8 Å². The highest BCUT2D eigenvalue weighted by atomic mass is 16.3. The number of likely N-dealkylation sites (N-methyl/N-ethyl adjacent to an activating group) is 1. The zero-order chi connectivity index (χ0) is 8.72. The van der Waals surface area contributed by atoms with Gasteiger partial charge in [-0.2, -0.15) is 0 Å². The van der Waals surface area contributed by atoms with E-state index in [0.29, 0.717) is 12.3 Å². The molecule has 0 saturated heterocycles. The quantitative estimate of drug-likeness (QED) is 0.573. The number of hydrogen-bond donors (Lipinski definition) is 1. The summed E-state index contributed by atoms with van der Waals surface area (Å²) in [4.78, 5) is 16.8. The molecule has 0 aromatic carbocycles. The number of carbonyl (C=O) groups excluding carboxylic acids is 1. The SMILES string of the molecule is CN1Cc2ncoc2C(N)C1=O. The van der Waals surface area contributed by atoms with E-state index in [1.165, 1.54) is 11.3 Å². The van der Waals surface area contributed by atoms with Crippen molar-refractivity contribution in [2.75, 3.05) is 7.05 Å². The molecule has 2 N–H and O–H groups in total. The van der Waals surface area contributed by atoms with Crippen molar-refractivity contribution in [3.63, 3.8) is 0 Å². The van der Waals surface area contributed by atoms with Gasteiger partial charge in [-0.1, -0.05) is 0 Å². The van der Waals surface area contributed by atoms with Crippen molar-refractivity contribution in [3.05, 3.63) is 17.8 Å². The van der Waals surface area contributed by atoms with Crippen LogP contribution in [0.2, 0.25) is 0 Å². The molecule has 1 atom stereocenters. The zero-order valence-electron chi connectivity index (χ0n) is 6.65. The Bertz CT molecular complexity index is 320. The van der Waals surface area contributed by atoms with E-state index in [4.69, 9.17) is 10.2 Å². The molecule has 64 valence electrons. The summed E-state index contributed by atoms with van der Waals surface area (Å²) in [5.74, 6) is 0.373. The highest BCUT2D eigenvalue weighted by Gasteiger charge is 2.31. The van der Waals surface area contributed by atoms with Gasteiger partial charge in [0.15, 0.2) is 12.2 Å². The fourth-order valence-corrected chi connectivity index (χ4v) is 1.30. The van der Waals surface area contributed by atoms with Gasteiger partial charge in [0, 0.05) is 7.05 Å². The molecular weight excluding hydrogens is 158 g/mol. The predicted molar refractivity (Wildman–Crippen MR) is 39.9 cm³/mol. The minimum Gasteiger partial charge on any atom is -0.446 e. The number of nitrogens with zero attached hydrogens (tertiary/aromatic N) is 2. The lowest BCUT2D eigenvalue weighted by atomic mass is 10.1. The molecule has 1 aromatic rings. The van der Waals surface area contributed by atoms with E-state index in [0.717, 1.165) is 5.69 Å². The summed E-state index contributed by atoms with van der Waals surface area (Å²) in [5.41, 5.74) is 6.35. The minimum atomic E-state index is -0.679. The number of rotatable bonds is 0. The molecule has 0 saturated carbocycles. The van der Waals surface area contributed by atoms with Crippen LogP contribution in [-0.4, -0.2) is 22.8 Å². The van der Waals surface area contributed by atoms with Crippen LogP contribution in [0.3, 0.4) is 0 Å². The summed E-state index contributed by atoms with van der Waals surface area (Å²) in [7, 11) is 1.69. The van der Waals surface area contributed by atoms with Crippen molar-refractivity contribution < 1.29 is 9.21 Å². The Morgan fingerprint density at radius 2 is 2.58 bits per heavy atom. The van der Waals surface area contributed by atoms with E-state index in [1.807, 2.05) is 0 Å². The van der Waals surface area contributed by atoms with Crippen LogP contribution >= 0.6 is 0 Å². The second kappa shape index (κ2) is 2.31. The Kier molecular flexibility index (Phi) is 1.41. The van der Waals surface area contributed by atoms with Crippen LogP contribution in [-0.2, 0) is 11.3 Å². The molecule has 2 rings (SSSR count). The Morgan fingerprint density at radius 3 is 3.33 bits per heavy atom. The number of hydrogen-bond acceptors (Lipinski definition) is 4. The first-order valence-electron chi connectivity index (χ1n) is 3.63. The molecule has 0 aliphatic carbocycles. The Balaban J connectivity index is 2.45. The molecule has 12 heavy (non-hydrogen) atoms. The molecule has 1 aliphatic heterocycles. The van der Waals surface area contributed by atoms with Gasteiger partial charge in [0.1, 0.15) is 11.7 Å². The summed E-state index contributed by atoms with van der Waals surface area (Å²) in [6.45, 7) is 0.484. The summed E-state index contributed by atoms with van der Waals surface area (Å²) >= 11 is 0. The molecule has 1 unspecified atom stereocenters. The predicted octanol–water partition coefficient (Wildman–Crippen LogP) is -0.354. The summed E-state index contributed by atoms with van der Waals surface area (Å²) in [6.07, 6.45) is 1.32. The lowest BCUT2D eigenvalue weighted by Gasteiger charge is -2.24. The van der Waals surface area contributed by atoms with Crippen molar-refractivity contribution in [1.29, 1.82) is 0 Å². The Morgan fingerprint density at radius 1 is 1.83 bits per heavy atom. The standard InChI is InChI=1S/C7H9N3O2/c1-10-2-4-6(12-3-9-4)5(8)7(10)11/h3,5H,2,8H2,1H3. The molecule has 1 aromatic heterocycles. The number of nitrogens with two attached hydrogens (primary N) is 1. The average Bonchev–Trinajstić information content (AvgIpc) is 2.48. The highest BCUT2D eigenvalue weighted by Crippen LogP contribution is 2.23. The average molecular weight is 167 g/mol. The van der Waals surface area contributed by atoms with E-state index in [-0.39, 0.29) is 5.91 Å². The molecule has 5 nitrogen and oxygen atoms in total. The van der Waals surface area contributed by atoms with Gasteiger partial charge in [-0.25, -0.2) is 4.98 Å². The number of fused-ring (bicyclic) bond motifs is 1. The van der Waals surface area contributed by atoms with Gasteiger partial charge >= 0.3 is 0 Å². The molecule has 1 amide bonds. The Labute approximate surface area is 69.2 Å². The smallest absolute Gasteiger partial charge is 0.247 e.